The second kappa shape index (κ2) is 10.4. The van der Waals surface area contributed by atoms with Gasteiger partial charge in [-0.15, -0.1) is 0 Å². The number of benzene rings is 2. The molecule has 5 nitrogen and oxygen atoms in total. The minimum atomic E-state index is -0.223. The molecule has 0 aliphatic heterocycles. The van der Waals surface area contributed by atoms with Crippen molar-refractivity contribution in [1.29, 1.82) is 0 Å². The lowest BCUT2D eigenvalue weighted by molar-refractivity contribution is -0.119. The van der Waals surface area contributed by atoms with E-state index in [-0.39, 0.29) is 24.9 Å². The Balaban J connectivity index is 2.00. The highest BCUT2D eigenvalue weighted by Crippen LogP contribution is 2.32. The first kappa shape index (κ1) is 22.9. The number of amides is 2. The van der Waals surface area contributed by atoms with E-state index in [1.807, 2.05) is 18.2 Å². The van der Waals surface area contributed by atoms with Crippen molar-refractivity contribution in [2.45, 2.75) is 39.5 Å². The van der Waals surface area contributed by atoms with Gasteiger partial charge in [-0.3, -0.25) is 14.5 Å². The quantitative estimate of drug-likeness (QED) is 0.630. The van der Waals surface area contributed by atoms with Gasteiger partial charge in [-0.25, -0.2) is 0 Å². The van der Waals surface area contributed by atoms with Crippen LogP contribution in [0.1, 0.15) is 50.7 Å². The molecule has 2 aromatic rings. The molecule has 0 aromatic heterocycles. The molecule has 0 aliphatic carbocycles. The van der Waals surface area contributed by atoms with Gasteiger partial charge in [0.05, 0.1) is 23.8 Å². The van der Waals surface area contributed by atoms with Crippen molar-refractivity contribution in [3.05, 3.63) is 58.6 Å². The Morgan fingerprint density at radius 1 is 0.862 bits per heavy atom. The molecule has 2 amide bonds. The van der Waals surface area contributed by atoms with E-state index in [0.29, 0.717) is 22.5 Å². The summed E-state index contributed by atoms with van der Waals surface area (Å²) in [6, 6.07) is 13.2. The van der Waals surface area contributed by atoms with Gasteiger partial charge >= 0.3 is 0 Å². The van der Waals surface area contributed by atoms with Gasteiger partial charge in [-0.2, -0.15) is 0 Å². The van der Waals surface area contributed by atoms with Crippen molar-refractivity contribution < 1.29 is 9.59 Å². The molecule has 0 saturated carbocycles. The summed E-state index contributed by atoms with van der Waals surface area (Å²) in [7, 11) is 1.74. The van der Waals surface area contributed by atoms with Crippen molar-refractivity contribution in [3.63, 3.8) is 0 Å². The second-order valence-corrected chi connectivity index (χ2v) is 8.28. The molecule has 0 heterocycles. The van der Waals surface area contributed by atoms with Crippen LogP contribution in [0.3, 0.4) is 0 Å². The van der Waals surface area contributed by atoms with E-state index < -0.39 is 0 Å². The van der Waals surface area contributed by atoms with Crippen LogP contribution in [-0.4, -0.2) is 36.9 Å². The summed E-state index contributed by atoms with van der Waals surface area (Å²) in [4.78, 5) is 26.6. The summed E-state index contributed by atoms with van der Waals surface area (Å²) in [6.07, 6.45) is 0. The van der Waals surface area contributed by atoms with Gasteiger partial charge in [-0.1, -0.05) is 69.6 Å². The number of nitrogens with one attached hydrogen (secondary N) is 2. The Kier molecular flexibility index (Phi) is 8.23. The van der Waals surface area contributed by atoms with Gasteiger partial charge in [0, 0.05) is 5.69 Å². The SMILES string of the molecule is CC(C)c1cccc(C(C)C)c1NC(=O)CN(C)CC(=O)Nc1ccccc1Cl. The summed E-state index contributed by atoms with van der Waals surface area (Å²) in [5.74, 6) is 0.221. The van der Waals surface area contributed by atoms with Gasteiger partial charge in [0.25, 0.3) is 0 Å². The van der Waals surface area contributed by atoms with Crippen molar-refractivity contribution in [3.8, 4) is 0 Å². The average molecular weight is 416 g/mol. The van der Waals surface area contributed by atoms with Crippen LogP contribution in [0.5, 0.6) is 0 Å². The molecule has 0 atom stereocenters. The van der Waals surface area contributed by atoms with Crippen LogP contribution >= 0.6 is 11.6 Å². The molecule has 0 fully saturated rings. The first-order valence-corrected chi connectivity index (χ1v) is 10.2. The number of nitrogens with zero attached hydrogens (tertiary/aromatic N) is 1. The maximum Gasteiger partial charge on any atom is 0.238 e. The number of anilines is 2. The van der Waals surface area contributed by atoms with E-state index in [1.54, 1.807) is 36.2 Å². The molecule has 2 rings (SSSR count). The Hall–Kier alpha value is -2.37. The lowest BCUT2D eigenvalue weighted by atomic mass is 9.92. The maximum atomic E-state index is 12.7. The Morgan fingerprint density at radius 2 is 1.38 bits per heavy atom. The average Bonchev–Trinajstić information content (AvgIpc) is 2.63. The fourth-order valence-electron chi connectivity index (χ4n) is 3.17. The molecule has 0 aliphatic rings. The zero-order valence-electron chi connectivity index (χ0n) is 17.8. The summed E-state index contributed by atoms with van der Waals surface area (Å²) in [6.45, 7) is 8.64. The van der Waals surface area contributed by atoms with Gasteiger partial charge in [0.2, 0.25) is 11.8 Å². The van der Waals surface area contributed by atoms with Crippen molar-refractivity contribution >= 4 is 34.8 Å². The van der Waals surface area contributed by atoms with Crippen molar-refractivity contribution in [2.75, 3.05) is 30.8 Å². The minimum absolute atomic E-state index is 0.0848. The zero-order chi connectivity index (χ0) is 21.6. The van der Waals surface area contributed by atoms with E-state index >= 15 is 0 Å². The van der Waals surface area contributed by atoms with Crippen LogP contribution in [0.15, 0.2) is 42.5 Å². The third-order valence-corrected chi connectivity index (χ3v) is 4.94. The highest BCUT2D eigenvalue weighted by molar-refractivity contribution is 6.33. The minimum Gasteiger partial charge on any atom is -0.324 e. The molecule has 156 valence electrons. The summed E-state index contributed by atoms with van der Waals surface area (Å²) in [5, 5.41) is 6.32. The number of para-hydroxylation sites is 2. The number of carbonyl (C=O) groups is 2. The van der Waals surface area contributed by atoms with Gasteiger partial charge < -0.3 is 10.6 Å². The maximum absolute atomic E-state index is 12.7. The van der Waals surface area contributed by atoms with Crippen LogP contribution < -0.4 is 10.6 Å². The molecule has 0 bridgehead atoms. The summed E-state index contributed by atoms with van der Waals surface area (Å²) >= 11 is 6.07. The second-order valence-electron chi connectivity index (χ2n) is 7.87. The van der Waals surface area contributed by atoms with Crippen LogP contribution in [0.2, 0.25) is 5.02 Å². The lowest BCUT2D eigenvalue weighted by Gasteiger charge is -2.22. The van der Waals surface area contributed by atoms with Crippen LogP contribution in [0.4, 0.5) is 11.4 Å². The number of hydrogen-bond donors (Lipinski definition) is 2. The molecular formula is C23H30ClN3O2. The van der Waals surface area contributed by atoms with E-state index in [2.05, 4.69) is 38.3 Å². The monoisotopic (exact) mass is 415 g/mol. The zero-order valence-corrected chi connectivity index (χ0v) is 18.5. The predicted molar refractivity (Wildman–Crippen MR) is 121 cm³/mol. The topological polar surface area (TPSA) is 61.4 Å². The van der Waals surface area contributed by atoms with Crippen LogP contribution in [0, 0.1) is 0 Å². The number of carbonyl (C=O) groups excluding carboxylic acids is 2. The first-order valence-electron chi connectivity index (χ1n) is 9.84. The number of hydrogen-bond acceptors (Lipinski definition) is 3. The largest absolute Gasteiger partial charge is 0.324 e. The fraction of sp³-hybridized carbons (Fsp3) is 0.391. The van der Waals surface area contributed by atoms with Crippen molar-refractivity contribution in [1.82, 2.24) is 4.90 Å². The standard InChI is InChI=1S/C23H30ClN3O2/c1-15(2)17-9-8-10-18(16(3)4)23(17)26-22(29)14-27(5)13-21(28)25-20-12-7-6-11-19(20)24/h6-12,15-16H,13-14H2,1-5H3,(H,25,28)(H,26,29). The number of likely N-dealkylation sites (N-methyl/N-ethyl adjacent to an activating group) is 1. The highest BCUT2D eigenvalue weighted by Gasteiger charge is 2.17. The van der Waals surface area contributed by atoms with E-state index in [4.69, 9.17) is 11.6 Å². The van der Waals surface area contributed by atoms with Crippen molar-refractivity contribution in [2.24, 2.45) is 0 Å². The molecular weight excluding hydrogens is 386 g/mol. The van der Waals surface area contributed by atoms with Crippen LogP contribution in [-0.2, 0) is 9.59 Å². The van der Waals surface area contributed by atoms with Crippen LogP contribution in [0.25, 0.3) is 0 Å². The lowest BCUT2D eigenvalue weighted by Crippen LogP contribution is -2.36. The summed E-state index contributed by atoms with van der Waals surface area (Å²) in [5.41, 5.74) is 3.67. The van der Waals surface area contributed by atoms with Gasteiger partial charge in [-0.05, 0) is 42.1 Å². The summed E-state index contributed by atoms with van der Waals surface area (Å²) < 4.78 is 0. The van der Waals surface area contributed by atoms with Gasteiger partial charge in [0.15, 0.2) is 0 Å². The smallest absolute Gasteiger partial charge is 0.238 e. The number of rotatable bonds is 8. The van der Waals surface area contributed by atoms with Gasteiger partial charge in [0.1, 0.15) is 0 Å². The molecule has 0 saturated heterocycles. The van der Waals surface area contributed by atoms with E-state index in [1.165, 1.54) is 0 Å². The third kappa shape index (κ3) is 6.58. The molecule has 2 N–H and O–H groups in total. The molecule has 2 aromatic carbocycles. The Bertz CT molecular complexity index is 839. The fourth-order valence-corrected chi connectivity index (χ4v) is 3.36. The first-order chi connectivity index (χ1) is 13.7. The number of halogens is 1. The Labute approximate surface area is 178 Å². The molecule has 6 heteroatoms. The van der Waals surface area contributed by atoms with E-state index in [0.717, 1.165) is 16.8 Å². The Morgan fingerprint density at radius 3 is 1.90 bits per heavy atom. The molecule has 0 unspecified atom stereocenters. The normalized spacial score (nSPS) is 11.2. The molecule has 0 spiro atoms. The molecule has 29 heavy (non-hydrogen) atoms. The predicted octanol–water partition coefficient (Wildman–Crippen LogP) is 5.10. The molecule has 0 radical (unpaired) electrons. The highest BCUT2D eigenvalue weighted by atomic mass is 35.5. The van der Waals surface area contributed by atoms with E-state index in [9.17, 15) is 9.59 Å². The third-order valence-electron chi connectivity index (χ3n) is 4.61.